The number of hydrogen-bond acceptors (Lipinski definition) is 3. The molecular weight excluding hydrogens is 252 g/mol. The van der Waals surface area contributed by atoms with E-state index in [1.54, 1.807) is 0 Å². The van der Waals surface area contributed by atoms with E-state index in [0.29, 0.717) is 12.0 Å². The fourth-order valence-corrected chi connectivity index (χ4v) is 4.65. The molecule has 0 spiro atoms. The first kappa shape index (κ1) is 12.4. The lowest BCUT2D eigenvalue weighted by Crippen LogP contribution is -2.41. The van der Waals surface area contributed by atoms with Gasteiger partial charge in [-0.3, -0.25) is 0 Å². The zero-order valence-electron chi connectivity index (χ0n) is 12.0. The molecule has 0 unspecified atom stereocenters. The van der Waals surface area contributed by atoms with Crippen molar-refractivity contribution >= 4 is 5.97 Å². The summed E-state index contributed by atoms with van der Waals surface area (Å²) in [4.78, 5) is 12.2. The molecular formula is C17H20O3. The predicted molar refractivity (Wildman–Crippen MR) is 74.6 cm³/mol. The number of esters is 1. The normalized spacial score (nSPS) is 45.8. The van der Waals surface area contributed by atoms with Crippen LogP contribution in [-0.2, 0) is 9.53 Å². The second-order valence-corrected chi connectivity index (χ2v) is 7.13. The number of carbonyl (C=O) groups is 1. The standard InChI is InChI=1S/C17H20O3/c1-15-7-4-6-12(15)17(19)13-11(14(18)20-17)5-3-8-16(13,2)10-9-15/h3,6,8,19H,4-5,7,9-10H2,1-2H3/t15-,16+,17-/m1/s1. The molecule has 0 aromatic carbocycles. The highest BCUT2D eigenvalue weighted by atomic mass is 16.7. The summed E-state index contributed by atoms with van der Waals surface area (Å²) in [7, 11) is 0. The van der Waals surface area contributed by atoms with Gasteiger partial charge in [0.25, 0.3) is 5.79 Å². The van der Waals surface area contributed by atoms with Gasteiger partial charge >= 0.3 is 5.97 Å². The molecule has 1 N–H and O–H groups in total. The molecule has 3 heteroatoms. The van der Waals surface area contributed by atoms with Crippen LogP contribution in [0, 0.1) is 10.8 Å². The highest BCUT2D eigenvalue weighted by molar-refractivity contribution is 5.95. The Bertz CT molecular complexity index is 612. The molecule has 0 saturated heterocycles. The summed E-state index contributed by atoms with van der Waals surface area (Å²) in [5.41, 5.74) is 2.10. The van der Waals surface area contributed by atoms with Crippen LogP contribution in [-0.4, -0.2) is 16.9 Å². The van der Waals surface area contributed by atoms with Gasteiger partial charge in [-0.15, -0.1) is 0 Å². The van der Waals surface area contributed by atoms with Gasteiger partial charge in [0.2, 0.25) is 0 Å². The highest BCUT2D eigenvalue weighted by Gasteiger charge is 2.61. The number of hydrogen-bond donors (Lipinski definition) is 1. The molecule has 0 aromatic rings. The molecule has 3 aliphatic carbocycles. The van der Waals surface area contributed by atoms with E-state index in [1.165, 1.54) is 0 Å². The Kier molecular flexibility index (Phi) is 2.14. The third-order valence-corrected chi connectivity index (χ3v) is 5.76. The van der Waals surface area contributed by atoms with Gasteiger partial charge in [-0.1, -0.05) is 32.1 Å². The van der Waals surface area contributed by atoms with Crippen LogP contribution in [0.15, 0.2) is 34.9 Å². The van der Waals surface area contributed by atoms with E-state index in [1.807, 2.05) is 6.08 Å². The van der Waals surface area contributed by atoms with Crippen molar-refractivity contribution in [1.82, 2.24) is 0 Å². The van der Waals surface area contributed by atoms with Crippen molar-refractivity contribution in [3.63, 3.8) is 0 Å². The zero-order valence-corrected chi connectivity index (χ0v) is 12.0. The van der Waals surface area contributed by atoms with Crippen LogP contribution < -0.4 is 0 Å². The van der Waals surface area contributed by atoms with Crippen LogP contribution in [0.2, 0.25) is 0 Å². The number of fused-ring (bicyclic) bond motifs is 2. The summed E-state index contributed by atoms with van der Waals surface area (Å²) in [6.45, 7) is 4.32. The number of aliphatic hydroxyl groups is 1. The van der Waals surface area contributed by atoms with Gasteiger partial charge in [0, 0.05) is 22.1 Å². The van der Waals surface area contributed by atoms with E-state index in [9.17, 15) is 9.90 Å². The second-order valence-electron chi connectivity index (χ2n) is 7.13. The molecule has 20 heavy (non-hydrogen) atoms. The molecule has 1 aliphatic heterocycles. The van der Waals surface area contributed by atoms with E-state index in [-0.39, 0.29) is 16.8 Å². The molecule has 1 saturated carbocycles. The lowest BCUT2D eigenvalue weighted by atomic mass is 9.71. The average molecular weight is 272 g/mol. The zero-order chi connectivity index (χ0) is 14.2. The molecule has 4 aliphatic rings. The first-order chi connectivity index (χ1) is 9.39. The smallest absolute Gasteiger partial charge is 0.337 e. The average Bonchev–Trinajstić information content (AvgIpc) is 2.88. The van der Waals surface area contributed by atoms with E-state index >= 15 is 0 Å². The minimum atomic E-state index is -1.49. The molecule has 0 amide bonds. The summed E-state index contributed by atoms with van der Waals surface area (Å²) in [6.07, 6.45) is 10.8. The largest absolute Gasteiger partial charge is 0.421 e. The minimum absolute atomic E-state index is 0.0499. The summed E-state index contributed by atoms with van der Waals surface area (Å²) in [5.74, 6) is -1.83. The highest BCUT2D eigenvalue weighted by Crippen LogP contribution is 2.62. The van der Waals surface area contributed by atoms with E-state index < -0.39 is 5.79 Å². The van der Waals surface area contributed by atoms with Crippen molar-refractivity contribution in [1.29, 1.82) is 0 Å². The van der Waals surface area contributed by atoms with Crippen molar-refractivity contribution in [2.24, 2.45) is 10.8 Å². The number of carbonyl (C=O) groups excluding carboxylic acids is 1. The molecule has 3 nitrogen and oxygen atoms in total. The van der Waals surface area contributed by atoms with Gasteiger partial charge in [-0.25, -0.2) is 4.79 Å². The predicted octanol–water partition coefficient (Wildman–Crippen LogP) is 3.01. The maximum absolute atomic E-state index is 12.2. The lowest BCUT2D eigenvalue weighted by Gasteiger charge is -2.36. The van der Waals surface area contributed by atoms with Gasteiger partial charge in [0.05, 0.1) is 0 Å². The van der Waals surface area contributed by atoms with Crippen LogP contribution in [0.4, 0.5) is 0 Å². The fraction of sp³-hybridized carbons (Fsp3) is 0.588. The Balaban J connectivity index is 2.00. The monoisotopic (exact) mass is 272 g/mol. The van der Waals surface area contributed by atoms with Crippen molar-refractivity contribution in [3.05, 3.63) is 34.9 Å². The van der Waals surface area contributed by atoms with E-state index in [0.717, 1.165) is 36.8 Å². The van der Waals surface area contributed by atoms with Crippen molar-refractivity contribution in [2.75, 3.05) is 0 Å². The summed E-state index contributed by atoms with van der Waals surface area (Å²) in [5, 5.41) is 11.3. The van der Waals surface area contributed by atoms with Gasteiger partial charge in [0.1, 0.15) is 0 Å². The van der Waals surface area contributed by atoms with Crippen LogP contribution in [0.1, 0.15) is 46.0 Å². The van der Waals surface area contributed by atoms with Gasteiger partial charge in [-0.05, 0) is 37.5 Å². The van der Waals surface area contributed by atoms with Crippen LogP contribution >= 0.6 is 0 Å². The summed E-state index contributed by atoms with van der Waals surface area (Å²) in [6, 6.07) is 0. The topological polar surface area (TPSA) is 46.5 Å². The van der Waals surface area contributed by atoms with Gasteiger partial charge < -0.3 is 9.84 Å². The molecule has 0 bridgehead atoms. The third kappa shape index (κ3) is 1.27. The minimum Gasteiger partial charge on any atom is -0.421 e. The van der Waals surface area contributed by atoms with Crippen LogP contribution in [0.3, 0.4) is 0 Å². The quantitative estimate of drug-likeness (QED) is 0.544. The van der Waals surface area contributed by atoms with Gasteiger partial charge in [0.15, 0.2) is 0 Å². The Morgan fingerprint density at radius 3 is 2.85 bits per heavy atom. The Morgan fingerprint density at radius 2 is 2.05 bits per heavy atom. The van der Waals surface area contributed by atoms with Crippen molar-refractivity contribution in [2.45, 2.75) is 51.7 Å². The van der Waals surface area contributed by atoms with E-state index in [4.69, 9.17) is 4.74 Å². The van der Waals surface area contributed by atoms with Crippen molar-refractivity contribution in [3.8, 4) is 0 Å². The molecule has 106 valence electrons. The van der Waals surface area contributed by atoms with E-state index in [2.05, 4.69) is 26.0 Å². The first-order valence-electron chi connectivity index (χ1n) is 7.48. The third-order valence-electron chi connectivity index (χ3n) is 5.76. The summed E-state index contributed by atoms with van der Waals surface area (Å²) >= 11 is 0. The maximum atomic E-state index is 12.2. The lowest BCUT2D eigenvalue weighted by molar-refractivity contribution is -0.174. The molecule has 3 atom stereocenters. The molecule has 1 heterocycles. The van der Waals surface area contributed by atoms with Crippen molar-refractivity contribution < 1.29 is 14.6 Å². The van der Waals surface area contributed by atoms with Crippen LogP contribution in [0.5, 0.6) is 0 Å². The maximum Gasteiger partial charge on any atom is 0.337 e. The molecule has 0 aromatic heterocycles. The molecule has 1 fully saturated rings. The SMILES string of the molecule is C[C@]12CCC=C1[C@@]1(O)OC(=O)C3=C1[C@@](C)(C=CC3)CC2. The van der Waals surface area contributed by atoms with Crippen LogP contribution in [0.25, 0.3) is 0 Å². The molecule has 4 rings (SSSR count). The summed E-state index contributed by atoms with van der Waals surface area (Å²) < 4.78 is 5.53. The van der Waals surface area contributed by atoms with Gasteiger partial charge in [-0.2, -0.15) is 0 Å². The number of rotatable bonds is 0. The Morgan fingerprint density at radius 1 is 1.25 bits per heavy atom. The number of allylic oxidation sites excluding steroid dienone is 3. The Labute approximate surface area is 119 Å². The molecule has 0 radical (unpaired) electrons. The first-order valence-corrected chi connectivity index (χ1v) is 7.48. The number of ether oxygens (including phenoxy) is 1. The Hall–Kier alpha value is -1.35. The fourth-order valence-electron chi connectivity index (χ4n) is 4.65. The second kappa shape index (κ2) is 3.45.